The number of hydrogen-bond acceptors (Lipinski definition) is 5. The molecule has 2 N–H and O–H groups in total. The van der Waals surface area contributed by atoms with Gasteiger partial charge in [0.2, 0.25) is 0 Å². The molecular weight excluding hydrogens is 252 g/mol. The number of aliphatic hydroxyl groups is 1. The fraction of sp³-hybridized carbons (Fsp3) is 0.500. The van der Waals surface area contributed by atoms with Gasteiger partial charge in [-0.3, -0.25) is 10.1 Å². The zero-order valence-electron chi connectivity index (χ0n) is 10.2. The minimum atomic E-state index is -0.747. The summed E-state index contributed by atoms with van der Waals surface area (Å²) < 4.78 is 0. The Hall–Kier alpha value is -1.27. The van der Waals surface area contributed by atoms with Crippen molar-refractivity contribution in [3.05, 3.63) is 33.9 Å². The van der Waals surface area contributed by atoms with Gasteiger partial charge in [0.1, 0.15) is 5.69 Å². The number of rotatable bonds is 4. The number of thioether (sulfide) groups is 1. The van der Waals surface area contributed by atoms with Gasteiger partial charge < -0.3 is 10.4 Å². The summed E-state index contributed by atoms with van der Waals surface area (Å²) in [5.74, 6) is 1.62. The molecule has 1 fully saturated rings. The second-order valence-electron chi connectivity index (χ2n) is 4.66. The lowest BCUT2D eigenvalue weighted by Crippen LogP contribution is -2.36. The lowest BCUT2D eigenvalue weighted by atomic mass is 10.0. The van der Waals surface area contributed by atoms with Crippen LogP contribution in [-0.2, 0) is 0 Å². The monoisotopic (exact) mass is 268 g/mol. The highest BCUT2D eigenvalue weighted by atomic mass is 32.2. The summed E-state index contributed by atoms with van der Waals surface area (Å²) in [6.07, 6.45) is 0.727. The molecule has 1 unspecified atom stereocenters. The quantitative estimate of drug-likeness (QED) is 0.646. The van der Waals surface area contributed by atoms with Gasteiger partial charge in [-0.25, -0.2) is 0 Å². The van der Waals surface area contributed by atoms with Crippen LogP contribution >= 0.6 is 11.8 Å². The fourth-order valence-electron chi connectivity index (χ4n) is 1.94. The van der Waals surface area contributed by atoms with Crippen molar-refractivity contribution in [1.29, 1.82) is 0 Å². The lowest BCUT2D eigenvalue weighted by Gasteiger charge is -2.22. The SMILES string of the molecule is Cc1ccc(NCC2(O)CCSC2)c([N+](=O)[O-])c1. The van der Waals surface area contributed by atoms with E-state index in [0.717, 1.165) is 17.7 Å². The van der Waals surface area contributed by atoms with Gasteiger partial charge in [-0.05, 0) is 30.7 Å². The van der Waals surface area contributed by atoms with Crippen molar-refractivity contribution in [2.45, 2.75) is 18.9 Å². The molecule has 2 rings (SSSR count). The van der Waals surface area contributed by atoms with Crippen LogP contribution in [-0.4, -0.2) is 33.7 Å². The molecule has 0 spiro atoms. The van der Waals surface area contributed by atoms with E-state index in [0.29, 0.717) is 18.0 Å². The smallest absolute Gasteiger partial charge is 0.292 e. The second-order valence-corrected chi connectivity index (χ2v) is 5.76. The Kier molecular flexibility index (Phi) is 3.77. The van der Waals surface area contributed by atoms with E-state index in [4.69, 9.17) is 0 Å². The van der Waals surface area contributed by atoms with Crippen LogP contribution in [0.15, 0.2) is 18.2 Å². The standard InChI is InChI=1S/C12H16N2O3S/c1-9-2-3-10(11(6-9)14(16)17)13-7-12(15)4-5-18-8-12/h2-3,6,13,15H,4-5,7-8H2,1H3. The van der Waals surface area contributed by atoms with Crippen molar-refractivity contribution in [1.82, 2.24) is 0 Å². The lowest BCUT2D eigenvalue weighted by molar-refractivity contribution is -0.384. The third-order valence-electron chi connectivity index (χ3n) is 3.04. The van der Waals surface area contributed by atoms with E-state index < -0.39 is 10.5 Å². The predicted octanol–water partition coefficient (Wildman–Crippen LogP) is 2.18. The molecule has 0 bridgehead atoms. The van der Waals surface area contributed by atoms with Crippen LogP contribution in [0.2, 0.25) is 0 Å². The maximum Gasteiger partial charge on any atom is 0.292 e. The predicted molar refractivity (Wildman–Crippen MR) is 73.2 cm³/mol. The normalized spacial score (nSPS) is 23.0. The number of nitro groups is 1. The maximum atomic E-state index is 10.9. The zero-order valence-corrected chi connectivity index (χ0v) is 11.0. The van der Waals surface area contributed by atoms with Crippen LogP contribution in [0.3, 0.4) is 0 Å². The molecule has 18 heavy (non-hydrogen) atoms. The zero-order chi connectivity index (χ0) is 13.2. The molecule has 5 nitrogen and oxygen atoms in total. The first-order chi connectivity index (χ1) is 8.50. The van der Waals surface area contributed by atoms with Crippen LogP contribution in [0.5, 0.6) is 0 Å². The van der Waals surface area contributed by atoms with Crippen LogP contribution in [0, 0.1) is 17.0 Å². The molecule has 98 valence electrons. The van der Waals surface area contributed by atoms with Crippen LogP contribution in [0.1, 0.15) is 12.0 Å². The Morgan fingerprint density at radius 3 is 3.00 bits per heavy atom. The molecule has 0 aromatic heterocycles. The molecular formula is C12H16N2O3S. The van der Waals surface area contributed by atoms with Crippen molar-refractivity contribution in [2.75, 3.05) is 23.4 Å². The van der Waals surface area contributed by atoms with Gasteiger partial charge in [-0.15, -0.1) is 0 Å². The summed E-state index contributed by atoms with van der Waals surface area (Å²) >= 11 is 1.71. The second kappa shape index (κ2) is 5.16. The first-order valence-electron chi connectivity index (χ1n) is 5.79. The van der Waals surface area contributed by atoms with Gasteiger partial charge in [0.25, 0.3) is 5.69 Å². The van der Waals surface area contributed by atoms with Crippen molar-refractivity contribution < 1.29 is 10.0 Å². The minimum Gasteiger partial charge on any atom is -0.387 e. The molecule has 1 aliphatic rings. The van der Waals surface area contributed by atoms with Gasteiger partial charge in [0, 0.05) is 18.4 Å². The van der Waals surface area contributed by atoms with E-state index in [9.17, 15) is 15.2 Å². The van der Waals surface area contributed by atoms with Crippen LogP contribution in [0.4, 0.5) is 11.4 Å². The van der Waals surface area contributed by atoms with E-state index in [1.54, 1.807) is 17.8 Å². The largest absolute Gasteiger partial charge is 0.387 e. The maximum absolute atomic E-state index is 10.9. The highest BCUT2D eigenvalue weighted by molar-refractivity contribution is 7.99. The molecule has 1 aromatic rings. The molecule has 1 heterocycles. The molecule has 0 amide bonds. The number of nitrogens with one attached hydrogen (secondary N) is 1. The van der Waals surface area contributed by atoms with E-state index in [-0.39, 0.29) is 5.69 Å². The summed E-state index contributed by atoms with van der Waals surface area (Å²) in [6, 6.07) is 5.05. The average Bonchev–Trinajstić information content (AvgIpc) is 2.75. The van der Waals surface area contributed by atoms with Crippen LogP contribution < -0.4 is 5.32 Å². The van der Waals surface area contributed by atoms with Gasteiger partial charge in [-0.1, -0.05) is 6.07 Å². The number of aryl methyl sites for hydroxylation is 1. The topological polar surface area (TPSA) is 75.4 Å². The molecule has 0 aliphatic carbocycles. The summed E-state index contributed by atoms with van der Waals surface area (Å²) in [7, 11) is 0. The third-order valence-corrected chi connectivity index (χ3v) is 4.27. The van der Waals surface area contributed by atoms with Gasteiger partial charge in [0.15, 0.2) is 0 Å². The van der Waals surface area contributed by atoms with Gasteiger partial charge in [-0.2, -0.15) is 11.8 Å². The molecule has 1 saturated heterocycles. The molecule has 1 atom stereocenters. The number of anilines is 1. The van der Waals surface area contributed by atoms with Crippen molar-refractivity contribution in [3.8, 4) is 0 Å². The number of hydrogen-bond donors (Lipinski definition) is 2. The first kappa shape index (κ1) is 13.2. The summed E-state index contributed by atoms with van der Waals surface area (Å²) in [5.41, 5.74) is 0.631. The van der Waals surface area contributed by atoms with E-state index in [1.807, 2.05) is 13.0 Å². The Morgan fingerprint density at radius 2 is 2.39 bits per heavy atom. The average molecular weight is 268 g/mol. The van der Waals surface area contributed by atoms with Gasteiger partial charge in [0.05, 0.1) is 10.5 Å². The number of nitrogens with zero attached hydrogens (tertiary/aromatic N) is 1. The molecule has 0 saturated carbocycles. The Morgan fingerprint density at radius 1 is 1.61 bits per heavy atom. The summed E-state index contributed by atoms with van der Waals surface area (Å²) in [4.78, 5) is 10.5. The summed E-state index contributed by atoms with van der Waals surface area (Å²) in [5, 5.41) is 24.1. The fourth-order valence-corrected chi connectivity index (χ4v) is 3.23. The van der Waals surface area contributed by atoms with Crippen molar-refractivity contribution in [3.63, 3.8) is 0 Å². The molecule has 6 heteroatoms. The highest BCUT2D eigenvalue weighted by Crippen LogP contribution is 2.30. The van der Waals surface area contributed by atoms with Gasteiger partial charge >= 0.3 is 0 Å². The molecule has 0 radical (unpaired) electrons. The van der Waals surface area contributed by atoms with E-state index in [1.165, 1.54) is 6.07 Å². The minimum absolute atomic E-state index is 0.0595. The number of nitro benzene ring substituents is 1. The number of benzene rings is 1. The molecule has 1 aromatic carbocycles. The van der Waals surface area contributed by atoms with Crippen molar-refractivity contribution >= 4 is 23.1 Å². The van der Waals surface area contributed by atoms with Crippen LogP contribution in [0.25, 0.3) is 0 Å². The Bertz CT molecular complexity index is 459. The Labute approximate surface area is 110 Å². The molecule has 1 aliphatic heterocycles. The van der Waals surface area contributed by atoms with Crippen molar-refractivity contribution in [2.24, 2.45) is 0 Å². The van der Waals surface area contributed by atoms with E-state index in [2.05, 4.69) is 5.32 Å². The van der Waals surface area contributed by atoms with E-state index >= 15 is 0 Å². The third kappa shape index (κ3) is 2.94. The first-order valence-corrected chi connectivity index (χ1v) is 6.95. The Balaban J connectivity index is 2.11. The highest BCUT2D eigenvalue weighted by Gasteiger charge is 2.32. The summed E-state index contributed by atoms with van der Waals surface area (Å²) in [6.45, 7) is 2.17.